The van der Waals surface area contributed by atoms with E-state index in [1.54, 1.807) is 7.11 Å². The van der Waals surface area contributed by atoms with Gasteiger partial charge in [-0.3, -0.25) is 0 Å². The minimum atomic E-state index is 0.884. The van der Waals surface area contributed by atoms with Crippen LogP contribution in [0.1, 0.15) is 5.69 Å². The first-order valence-corrected chi connectivity index (χ1v) is 5.14. The van der Waals surface area contributed by atoms with Gasteiger partial charge in [-0.25, -0.2) is 0 Å². The maximum Gasteiger partial charge on any atom is 0.118 e. The quantitative estimate of drug-likeness (QED) is 0.751. The van der Waals surface area contributed by atoms with E-state index in [4.69, 9.17) is 4.74 Å². The van der Waals surface area contributed by atoms with Gasteiger partial charge in [-0.15, -0.1) is 0 Å². The molecule has 2 nitrogen and oxygen atoms in total. The molecule has 0 spiro atoms. The average molecular weight is 205 g/mol. The van der Waals surface area contributed by atoms with E-state index >= 15 is 0 Å². The number of hydrogen-bond donors (Lipinski definition) is 0. The van der Waals surface area contributed by atoms with Crippen LogP contribution in [0.4, 0.5) is 0 Å². The summed E-state index contributed by atoms with van der Waals surface area (Å²) in [5.74, 6) is 0.884. The first-order valence-electron chi connectivity index (χ1n) is 4.37. The normalized spacial score (nSPS) is 10.1. The third kappa shape index (κ3) is 1.77. The van der Waals surface area contributed by atoms with Gasteiger partial charge in [0.15, 0.2) is 0 Å². The van der Waals surface area contributed by atoms with E-state index in [0.717, 1.165) is 11.4 Å². The van der Waals surface area contributed by atoms with Crippen LogP contribution in [0.15, 0.2) is 30.3 Å². The Morgan fingerprint density at radius 1 is 1.21 bits per heavy atom. The molecule has 3 heteroatoms. The summed E-state index contributed by atoms with van der Waals surface area (Å²) in [6.45, 7) is 2.00. The summed E-state index contributed by atoms with van der Waals surface area (Å²) < 4.78 is 9.34. The first-order chi connectivity index (χ1) is 6.79. The smallest absolute Gasteiger partial charge is 0.118 e. The van der Waals surface area contributed by atoms with Gasteiger partial charge in [-0.05, 0) is 54.4 Å². The monoisotopic (exact) mass is 205 g/mol. The molecule has 0 radical (unpaired) electrons. The SMILES string of the molecule is COc1ccc(-c2cc(C)ns2)cc1. The van der Waals surface area contributed by atoms with Crippen molar-refractivity contribution in [3.63, 3.8) is 0 Å². The fourth-order valence-corrected chi connectivity index (χ4v) is 2.01. The van der Waals surface area contributed by atoms with Crippen molar-refractivity contribution in [2.45, 2.75) is 6.92 Å². The Morgan fingerprint density at radius 3 is 2.43 bits per heavy atom. The lowest BCUT2D eigenvalue weighted by Crippen LogP contribution is -1.81. The van der Waals surface area contributed by atoms with E-state index < -0.39 is 0 Å². The van der Waals surface area contributed by atoms with E-state index in [1.807, 2.05) is 31.2 Å². The van der Waals surface area contributed by atoms with Crippen molar-refractivity contribution in [1.82, 2.24) is 4.37 Å². The second-order valence-corrected chi connectivity index (χ2v) is 3.87. The first kappa shape index (κ1) is 9.21. The second-order valence-electron chi connectivity index (χ2n) is 3.06. The van der Waals surface area contributed by atoms with Crippen molar-refractivity contribution in [3.8, 4) is 16.2 Å². The zero-order valence-corrected chi connectivity index (χ0v) is 8.97. The van der Waals surface area contributed by atoms with Gasteiger partial charge >= 0.3 is 0 Å². The summed E-state index contributed by atoms with van der Waals surface area (Å²) in [5, 5.41) is 0. The highest BCUT2D eigenvalue weighted by Gasteiger charge is 2.01. The van der Waals surface area contributed by atoms with Crippen LogP contribution in [0.5, 0.6) is 5.75 Å². The fraction of sp³-hybridized carbons (Fsp3) is 0.182. The van der Waals surface area contributed by atoms with Gasteiger partial charge < -0.3 is 4.74 Å². The summed E-state index contributed by atoms with van der Waals surface area (Å²) >= 11 is 1.53. The van der Waals surface area contributed by atoms with Crippen LogP contribution >= 0.6 is 11.5 Å². The van der Waals surface area contributed by atoms with E-state index in [-0.39, 0.29) is 0 Å². The standard InChI is InChI=1S/C11H11NOS/c1-8-7-11(14-12-8)9-3-5-10(13-2)6-4-9/h3-7H,1-2H3. The van der Waals surface area contributed by atoms with Crippen molar-refractivity contribution < 1.29 is 4.74 Å². The van der Waals surface area contributed by atoms with Crippen molar-refractivity contribution >= 4 is 11.5 Å². The number of methoxy groups -OCH3 is 1. The number of ether oxygens (including phenoxy) is 1. The van der Waals surface area contributed by atoms with E-state index in [1.165, 1.54) is 22.0 Å². The molecule has 1 heterocycles. The van der Waals surface area contributed by atoms with E-state index in [0.29, 0.717) is 0 Å². The van der Waals surface area contributed by atoms with Gasteiger partial charge in [-0.1, -0.05) is 0 Å². The lowest BCUT2D eigenvalue weighted by atomic mass is 10.2. The van der Waals surface area contributed by atoms with E-state index in [9.17, 15) is 0 Å². The highest BCUT2D eigenvalue weighted by molar-refractivity contribution is 7.09. The van der Waals surface area contributed by atoms with Crippen LogP contribution in [0, 0.1) is 6.92 Å². The van der Waals surface area contributed by atoms with Crippen LogP contribution in [-0.4, -0.2) is 11.5 Å². The lowest BCUT2D eigenvalue weighted by molar-refractivity contribution is 0.415. The minimum absolute atomic E-state index is 0.884. The average Bonchev–Trinajstić information content (AvgIpc) is 2.65. The Labute approximate surface area is 87.3 Å². The van der Waals surface area contributed by atoms with Crippen molar-refractivity contribution in [1.29, 1.82) is 0 Å². The highest BCUT2D eigenvalue weighted by atomic mass is 32.1. The summed E-state index contributed by atoms with van der Waals surface area (Å²) in [6.07, 6.45) is 0. The molecule has 72 valence electrons. The molecular weight excluding hydrogens is 194 g/mol. The Bertz CT molecular complexity index is 419. The minimum Gasteiger partial charge on any atom is -0.497 e. The molecule has 0 aliphatic rings. The van der Waals surface area contributed by atoms with Crippen molar-refractivity contribution in [2.75, 3.05) is 7.11 Å². The number of benzene rings is 1. The molecule has 0 aliphatic carbocycles. The van der Waals surface area contributed by atoms with Crippen LogP contribution < -0.4 is 4.74 Å². The number of rotatable bonds is 2. The zero-order chi connectivity index (χ0) is 9.97. The van der Waals surface area contributed by atoms with Crippen LogP contribution in [0.25, 0.3) is 10.4 Å². The lowest BCUT2D eigenvalue weighted by Gasteiger charge is -1.99. The van der Waals surface area contributed by atoms with Crippen LogP contribution in [-0.2, 0) is 0 Å². The summed E-state index contributed by atoms with van der Waals surface area (Å²) in [4.78, 5) is 1.20. The number of hydrogen-bond acceptors (Lipinski definition) is 3. The van der Waals surface area contributed by atoms with Gasteiger partial charge in [0.25, 0.3) is 0 Å². The molecule has 2 aromatic rings. The fourth-order valence-electron chi connectivity index (χ4n) is 1.25. The van der Waals surface area contributed by atoms with Gasteiger partial charge in [0, 0.05) is 0 Å². The molecule has 0 aliphatic heterocycles. The molecule has 0 saturated carbocycles. The largest absolute Gasteiger partial charge is 0.497 e. The van der Waals surface area contributed by atoms with Gasteiger partial charge in [0.2, 0.25) is 0 Å². The third-order valence-corrected chi connectivity index (χ3v) is 2.93. The number of nitrogens with zero attached hydrogens (tertiary/aromatic N) is 1. The molecule has 0 N–H and O–H groups in total. The Hall–Kier alpha value is -1.35. The molecule has 14 heavy (non-hydrogen) atoms. The molecule has 0 amide bonds. The molecule has 0 saturated heterocycles. The molecular formula is C11H11NOS. The van der Waals surface area contributed by atoms with Crippen LogP contribution in [0.2, 0.25) is 0 Å². The predicted molar refractivity (Wildman–Crippen MR) is 58.8 cm³/mol. The summed E-state index contributed by atoms with van der Waals surface area (Å²) in [7, 11) is 1.67. The molecule has 0 bridgehead atoms. The molecule has 0 fully saturated rings. The predicted octanol–water partition coefficient (Wildman–Crippen LogP) is 3.13. The molecule has 1 aromatic carbocycles. The van der Waals surface area contributed by atoms with Gasteiger partial charge in [-0.2, -0.15) is 4.37 Å². The van der Waals surface area contributed by atoms with Crippen molar-refractivity contribution in [2.24, 2.45) is 0 Å². The maximum atomic E-state index is 5.10. The van der Waals surface area contributed by atoms with E-state index in [2.05, 4.69) is 10.4 Å². The number of aromatic nitrogens is 1. The van der Waals surface area contributed by atoms with Gasteiger partial charge in [0.05, 0.1) is 17.7 Å². The van der Waals surface area contributed by atoms with Crippen molar-refractivity contribution in [3.05, 3.63) is 36.0 Å². The van der Waals surface area contributed by atoms with Crippen LogP contribution in [0.3, 0.4) is 0 Å². The molecule has 1 aromatic heterocycles. The topological polar surface area (TPSA) is 22.1 Å². The highest BCUT2D eigenvalue weighted by Crippen LogP contribution is 2.26. The van der Waals surface area contributed by atoms with Gasteiger partial charge in [0.1, 0.15) is 5.75 Å². The second kappa shape index (κ2) is 3.80. The summed E-state index contributed by atoms with van der Waals surface area (Å²) in [6, 6.07) is 10.1. The zero-order valence-electron chi connectivity index (χ0n) is 8.15. The Balaban J connectivity index is 2.33. The number of aryl methyl sites for hydroxylation is 1. The molecule has 2 rings (SSSR count). The Morgan fingerprint density at radius 2 is 1.93 bits per heavy atom. The Kier molecular flexibility index (Phi) is 2.50. The molecule has 0 unspecified atom stereocenters. The maximum absolute atomic E-state index is 5.10. The molecule has 0 atom stereocenters. The summed E-state index contributed by atoms with van der Waals surface area (Å²) in [5.41, 5.74) is 2.26. The third-order valence-electron chi connectivity index (χ3n) is 2.00.